The van der Waals surface area contributed by atoms with E-state index in [9.17, 15) is 14.0 Å². The highest BCUT2D eigenvalue weighted by molar-refractivity contribution is 6.34. The molecule has 0 saturated carbocycles. The fourth-order valence-corrected chi connectivity index (χ4v) is 6.09. The highest BCUT2D eigenvalue weighted by Gasteiger charge is 2.44. The Morgan fingerprint density at radius 2 is 1.76 bits per heavy atom. The third-order valence-corrected chi connectivity index (χ3v) is 8.57. The summed E-state index contributed by atoms with van der Waals surface area (Å²) in [7, 11) is 1.61. The Kier molecular flexibility index (Phi) is 9.13. The minimum Gasteiger partial charge on any atom is -0.497 e. The van der Waals surface area contributed by atoms with Crippen molar-refractivity contribution in [2.75, 3.05) is 43.2 Å². The molecule has 3 aromatic carbocycles. The lowest BCUT2D eigenvalue weighted by Gasteiger charge is -2.41. The number of anilines is 2. The van der Waals surface area contributed by atoms with Crippen LogP contribution in [-0.2, 0) is 27.3 Å². The fraction of sp³-hybridized carbons (Fsp3) is 0.375. The molecule has 2 aliphatic heterocycles. The van der Waals surface area contributed by atoms with E-state index in [0.29, 0.717) is 72.5 Å². The predicted octanol–water partition coefficient (Wildman–Crippen LogP) is 6.85. The van der Waals surface area contributed by atoms with Gasteiger partial charge in [0.05, 0.1) is 36.7 Å². The van der Waals surface area contributed by atoms with Crippen LogP contribution < -0.4 is 19.3 Å². The summed E-state index contributed by atoms with van der Waals surface area (Å²) in [6.45, 7) is 3.35. The highest BCUT2D eigenvalue weighted by Crippen LogP contribution is 2.43. The molecule has 222 valence electrons. The smallest absolute Gasteiger partial charge is 0.315 e. The summed E-state index contributed by atoms with van der Waals surface area (Å²) in [4.78, 5) is 29.9. The number of methoxy groups -OCH3 is 1. The number of esters is 1. The average molecular weight is 616 g/mol. The van der Waals surface area contributed by atoms with Gasteiger partial charge in [-0.2, -0.15) is 0 Å². The van der Waals surface area contributed by atoms with Crippen LogP contribution in [0, 0.1) is 11.2 Å². The molecule has 1 saturated heterocycles. The lowest BCUT2D eigenvalue weighted by molar-refractivity contribution is -0.159. The molecule has 3 aromatic rings. The second-order valence-corrected chi connectivity index (χ2v) is 11.4. The predicted molar refractivity (Wildman–Crippen MR) is 161 cm³/mol. The van der Waals surface area contributed by atoms with Gasteiger partial charge in [0.2, 0.25) is 5.91 Å². The summed E-state index contributed by atoms with van der Waals surface area (Å²) < 4.78 is 31.7. The Bertz CT molecular complexity index is 1460. The van der Waals surface area contributed by atoms with E-state index in [1.165, 1.54) is 6.07 Å². The zero-order chi connectivity index (χ0) is 29.9. The normalized spacial score (nSPS) is 16.2. The summed E-state index contributed by atoms with van der Waals surface area (Å²) in [5, 5.41) is 0.787. The molecule has 7 nitrogen and oxygen atoms in total. The third kappa shape index (κ3) is 6.15. The first kappa shape index (κ1) is 30.0. The first-order valence-corrected chi connectivity index (χ1v) is 14.7. The Balaban J connectivity index is 1.37. The van der Waals surface area contributed by atoms with E-state index in [1.807, 2.05) is 29.2 Å². The first-order chi connectivity index (χ1) is 20.2. The van der Waals surface area contributed by atoms with Crippen molar-refractivity contribution >= 4 is 46.5 Å². The van der Waals surface area contributed by atoms with Crippen LogP contribution in [0.15, 0.2) is 54.6 Å². The maximum Gasteiger partial charge on any atom is 0.315 e. The van der Waals surface area contributed by atoms with E-state index in [-0.39, 0.29) is 25.1 Å². The Morgan fingerprint density at radius 1 is 1.02 bits per heavy atom. The molecule has 0 spiro atoms. The van der Waals surface area contributed by atoms with Crippen LogP contribution in [0.1, 0.15) is 37.3 Å². The number of nitrogens with zero attached hydrogens (tertiary/aromatic N) is 2. The summed E-state index contributed by atoms with van der Waals surface area (Å²) in [6.07, 6.45) is 1.63. The lowest BCUT2D eigenvalue weighted by atomic mass is 9.79. The number of hydrogen-bond donors (Lipinski definition) is 0. The van der Waals surface area contributed by atoms with Crippen molar-refractivity contribution in [3.63, 3.8) is 0 Å². The number of halogens is 3. The van der Waals surface area contributed by atoms with Crippen LogP contribution in [0.25, 0.3) is 0 Å². The summed E-state index contributed by atoms with van der Waals surface area (Å²) >= 11 is 12.6. The number of fused-ring (bicyclic) bond motifs is 1. The number of rotatable bonds is 9. The minimum atomic E-state index is -0.908. The van der Waals surface area contributed by atoms with E-state index in [1.54, 1.807) is 43.2 Å². The van der Waals surface area contributed by atoms with Crippen molar-refractivity contribution in [1.29, 1.82) is 0 Å². The number of piperidine rings is 1. The standard InChI is InChI=1S/C32H33Cl2FN2O5/c1-3-41-31(39)32(14-16-36(17-15-32)27-11-6-22(33)18-26(27)35)20-42-28-12-10-25(34)30-24(28)9-13-29(38)37(30)19-21-4-7-23(40-2)8-5-21/h4-8,10-12,18H,3,9,13-17,19-20H2,1-2H3. The van der Waals surface area contributed by atoms with Crippen LogP contribution in [-0.4, -0.2) is 45.3 Å². The number of amides is 1. The fourth-order valence-electron chi connectivity index (χ4n) is 5.65. The van der Waals surface area contributed by atoms with Gasteiger partial charge in [-0.05, 0) is 74.2 Å². The van der Waals surface area contributed by atoms with E-state index in [2.05, 4.69) is 0 Å². The van der Waals surface area contributed by atoms with Crippen molar-refractivity contribution in [1.82, 2.24) is 0 Å². The van der Waals surface area contributed by atoms with Gasteiger partial charge in [-0.3, -0.25) is 9.59 Å². The number of benzene rings is 3. The van der Waals surface area contributed by atoms with Gasteiger partial charge < -0.3 is 24.0 Å². The SMILES string of the molecule is CCOC(=O)C1(COc2ccc(Cl)c3c2CCC(=O)N3Cc2ccc(OC)cc2)CCN(c2ccc(Cl)cc2F)CC1. The van der Waals surface area contributed by atoms with Gasteiger partial charge in [0.15, 0.2) is 0 Å². The quantitative estimate of drug-likeness (QED) is 0.246. The molecule has 0 N–H and O–H groups in total. The van der Waals surface area contributed by atoms with Crippen LogP contribution in [0.5, 0.6) is 11.5 Å². The molecule has 0 radical (unpaired) electrons. The number of carbonyl (C=O) groups excluding carboxylic acids is 2. The van der Waals surface area contributed by atoms with Gasteiger partial charge in [-0.25, -0.2) is 4.39 Å². The minimum absolute atomic E-state index is 0.0258. The van der Waals surface area contributed by atoms with Gasteiger partial charge in [0.25, 0.3) is 0 Å². The van der Waals surface area contributed by atoms with Crippen molar-refractivity contribution in [3.8, 4) is 11.5 Å². The van der Waals surface area contributed by atoms with E-state index < -0.39 is 11.2 Å². The molecule has 5 rings (SSSR count). The van der Waals surface area contributed by atoms with Crippen LogP contribution in [0.2, 0.25) is 10.0 Å². The Labute approximate surface area is 255 Å². The molecule has 2 aliphatic rings. The lowest BCUT2D eigenvalue weighted by Crippen LogP contribution is -2.48. The van der Waals surface area contributed by atoms with Crippen molar-refractivity contribution in [3.05, 3.63) is 81.6 Å². The Morgan fingerprint density at radius 3 is 2.43 bits per heavy atom. The molecule has 0 aliphatic carbocycles. The summed E-state index contributed by atoms with van der Waals surface area (Å²) in [5.41, 5.74) is 1.93. The van der Waals surface area contributed by atoms with Gasteiger partial charge in [-0.1, -0.05) is 35.3 Å². The zero-order valence-corrected chi connectivity index (χ0v) is 25.1. The molecule has 10 heteroatoms. The molecule has 1 fully saturated rings. The van der Waals surface area contributed by atoms with Gasteiger partial charge in [-0.15, -0.1) is 0 Å². The van der Waals surface area contributed by atoms with Crippen molar-refractivity contribution < 1.29 is 28.2 Å². The third-order valence-electron chi connectivity index (χ3n) is 8.03. The maximum atomic E-state index is 14.6. The second kappa shape index (κ2) is 12.8. The van der Waals surface area contributed by atoms with Crippen LogP contribution in [0.4, 0.5) is 15.8 Å². The van der Waals surface area contributed by atoms with Crippen molar-refractivity contribution in [2.45, 2.75) is 39.2 Å². The highest BCUT2D eigenvalue weighted by atomic mass is 35.5. The number of ether oxygens (including phenoxy) is 3. The monoisotopic (exact) mass is 614 g/mol. The maximum absolute atomic E-state index is 14.6. The topological polar surface area (TPSA) is 68.3 Å². The van der Waals surface area contributed by atoms with Crippen LogP contribution >= 0.6 is 23.2 Å². The number of carbonyl (C=O) groups is 2. The first-order valence-electron chi connectivity index (χ1n) is 14.0. The molecular weight excluding hydrogens is 582 g/mol. The second-order valence-electron chi connectivity index (χ2n) is 10.6. The Hall–Kier alpha value is -3.49. The largest absolute Gasteiger partial charge is 0.497 e. The zero-order valence-electron chi connectivity index (χ0n) is 23.6. The summed E-state index contributed by atoms with van der Waals surface area (Å²) in [6, 6.07) is 15.7. The molecular formula is C32H33Cl2FN2O5. The molecule has 1 amide bonds. The van der Waals surface area contributed by atoms with Crippen molar-refractivity contribution in [2.24, 2.45) is 5.41 Å². The molecule has 42 heavy (non-hydrogen) atoms. The van der Waals surface area contributed by atoms with Gasteiger partial charge in [0.1, 0.15) is 29.3 Å². The van der Waals surface area contributed by atoms with E-state index in [0.717, 1.165) is 16.9 Å². The molecule has 0 bridgehead atoms. The van der Waals surface area contributed by atoms with E-state index in [4.69, 9.17) is 37.4 Å². The van der Waals surface area contributed by atoms with Gasteiger partial charge >= 0.3 is 5.97 Å². The van der Waals surface area contributed by atoms with Crippen LogP contribution in [0.3, 0.4) is 0 Å². The van der Waals surface area contributed by atoms with E-state index >= 15 is 0 Å². The molecule has 0 aromatic heterocycles. The average Bonchev–Trinajstić information content (AvgIpc) is 2.99. The van der Waals surface area contributed by atoms with Gasteiger partial charge in [0, 0.05) is 30.1 Å². The molecule has 0 atom stereocenters. The molecule has 2 heterocycles. The molecule has 0 unspecified atom stereocenters. The summed E-state index contributed by atoms with van der Waals surface area (Å²) in [5.74, 6) is 0.556. The number of hydrogen-bond acceptors (Lipinski definition) is 6.